The first-order valence-corrected chi connectivity index (χ1v) is 9.91. The molecule has 30 heavy (non-hydrogen) atoms. The third-order valence-corrected chi connectivity index (χ3v) is 5.86. The van der Waals surface area contributed by atoms with Crippen molar-refractivity contribution in [2.75, 3.05) is 25.7 Å². The number of hydrogen-bond donors (Lipinski definition) is 1. The van der Waals surface area contributed by atoms with Crippen LogP contribution in [0.15, 0.2) is 42.7 Å². The van der Waals surface area contributed by atoms with E-state index in [1.807, 2.05) is 24.3 Å². The molecule has 153 valence electrons. The van der Waals surface area contributed by atoms with Gasteiger partial charge in [0, 0.05) is 24.7 Å². The molecule has 0 unspecified atom stereocenters. The number of rotatable bonds is 5. The molecule has 4 aromatic rings. The lowest BCUT2D eigenvalue weighted by atomic mass is 9.97. The van der Waals surface area contributed by atoms with Crippen LogP contribution in [0.4, 0.5) is 5.69 Å². The van der Waals surface area contributed by atoms with Crippen LogP contribution in [-0.4, -0.2) is 45.7 Å². The molecule has 1 aliphatic rings. The van der Waals surface area contributed by atoms with Crippen LogP contribution in [0, 0.1) is 6.07 Å². The van der Waals surface area contributed by atoms with Gasteiger partial charge in [-0.15, -0.1) is 4.80 Å². The minimum atomic E-state index is -0.309. The molecule has 8 heteroatoms. The fourth-order valence-corrected chi connectivity index (χ4v) is 4.32. The van der Waals surface area contributed by atoms with Crippen LogP contribution in [0.25, 0.3) is 16.7 Å². The standard InChI is InChI=1S/C22H23N6O2/c1-22(21-25-15-13-19(29-2)20(30-3)14-16(15)26-21)9-6-12-27(22)17-7-4-5-8-18(17)28-23-10-11-24-28/h4-5,7,10-11,13-14H,6,9,12H2,1-3H3,(H,25,26)/t22-/m0/s1. The Labute approximate surface area is 174 Å². The van der Waals surface area contributed by atoms with Gasteiger partial charge in [0.15, 0.2) is 11.5 Å². The maximum Gasteiger partial charge on any atom is 0.163 e. The van der Waals surface area contributed by atoms with Crippen molar-refractivity contribution in [3.8, 4) is 17.2 Å². The number of aromatic amines is 1. The van der Waals surface area contributed by atoms with Gasteiger partial charge in [0.05, 0.1) is 48.9 Å². The first-order chi connectivity index (χ1) is 14.6. The number of fused-ring (bicyclic) bond motifs is 1. The Kier molecular flexibility index (Phi) is 4.34. The second-order valence-corrected chi connectivity index (χ2v) is 7.56. The summed E-state index contributed by atoms with van der Waals surface area (Å²) in [6, 6.07) is 13.1. The van der Waals surface area contributed by atoms with E-state index in [-0.39, 0.29) is 5.54 Å². The molecular formula is C22H23N6O2. The summed E-state index contributed by atoms with van der Waals surface area (Å²) in [5, 5.41) is 8.62. The van der Waals surface area contributed by atoms with Crippen molar-refractivity contribution >= 4 is 16.7 Å². The maximum atomic E-state index is 5.45. The molecule has 1 fully saturated rings. The van der Waals surface area contributed by atoms with Gasteiger partial charge in [0.25, 0.3) is 0 Å². The third-order valence-electron chi connectivity index (χ3n) is 5.86. The molecule has 2 aromatic carbocycles. The Morgan fingerprint density at radius 2 is 1.90 bits per heavy atom. The average molecular weight is 403 g/mol. The highest BCUT2D eigenvalue weighted by atomic mass is 16.5. The predicted octanol–water partition coefficient (Wildman–Crippen LogP) is 3.48. The zero-order chi connectivity index (χ0) is 20.7. The number of nitrogens with zero attached hydrogens (tertiary/aromatic N) is 5. The Hall–Kier alpha value is -3.55. The van der Waals surface area contributed by atoms with Gasteiger partial charge in [-0.2, -0.15) is 10.2 Å². The minimum Gasteiger partial charge on any atom is -0.493 e. The van der Waals surface area contributed by atoms with E-state index in [0.29, 0.717) is 11.5 Å². The lowest BCUT2D eigenvalue weighted by Gasteiger charge is -2.36. The molecular weight excluding hydrogens is 380 g/mol. The first kappa shape index (κ1) is 18.5. The van der Waals surface area contributed by atoms with Crippen LogP contribution in [0.3, 0.4) is 0 Å². The zero-order valence-corrected chi connectivity index (χ0v) is 17.2. The van der Waals surface area contributed by atoms with Crippen molar-refractivity contribution in [3.63, 3.8) is 0 Å². The number of nitrogens with one attached hydrogen (secondary N) is 1. The number of hydrogen-bond acceptors (Lipinski definition) is 6. The summed E-state index contributed by atoms with van der Waals surface area (Å²) < 4.78 is 10.9. The van der Waals surface area contributed by atoms with E-state index in [2.05, 4.69) is 39.1 Å². The van der Waals surface area contributed by atoms with Gasteiger partial charge in [-0.25, -0.2) is 4.98 Å². The Morgan fingerprint density at radius 3 is 2.67 bits per heavy atom. The summed E-state index contributed by atoms with van der Waals surface area (Å²) >= 11 is 0. The molecule has 3 heterocycles. The number of ether oxygens (including phenoxy) is 2. The molecule has 1 N–H and O–H groups in total. The summed E-state index contributed by atoms with van der Waals surface area (Å²) in [7, 11) is 3.27. The predicted molar refractivity (Wildman–Crippen MR) is 113 cm³/mol. The van der Waals surface area contributed by atoms with Crippen LogP contribution in [0.5, 0.6) is 11.5 Å². The summed E-state index contributed by atoms with van der Waals surface area (Å²) in [4.78, 5) is 12.4. The van der Waals surface area contributed by atoms with Gasteiger partial charge in [0.1, 0.15) is 11.5 Å². The molecule has 8 nitrogen and oxygen atoms in total. The Bertz CT molecular complexity index is 1140. The molecule has 0 aliphatic carbocycles. The van der Waals surface area contributed by atoms with Crippen LogP contribution in [-0.2, 0) is 5.54 Å². The molecule has 5 rings (SSSR count). The average Bonchev–Trinajstić information content (AvgIpc) is 3.52. The van der Waals surface area contributed by atoms with Gasteiger partial charge >= 0.3 is 0 Å². The highest BCUT2D eigenvalue weighted by Gasteiger charge is 2.42. The molecule has 0 spiro atoms. The van der Waals surface area contributed by atoms with Crippen molar-refractivity contribution in [2.45, 2.75) is 25.3 Å². The van der Waals surface area contributed by atoms with E-state index in [9.17, 15) is 0 Å². The quantitative estimate of drug-likeness (QED) is 0.550. The van der Waals surface area contributed by atoms with Gasteiger partial charge < -0.3 is 19.4 Å². The second-order valence-electron chi connectivity index (χ2n) is 7.56. The summed E-state index contributed by atoms with van der Waals surface area (Å²) in [6.07, 6.45) is 5.38. The van der Waals surface area contributed by atoms with Crippen molar-refractivity contribution in [2.24, 2.45) is 0 Å². The first-order valence-electron chi connectivity index (χ1n) is 9.91. The largest absolute Gasteiger partial charge is 0.493 e. The number of anilines is 1. The molecule has 1 atom stereocenters. The van der Waals surface area contributed by atoms with Crippen LogP contribution in [0.2, 0.25) is 0 Å². The normalized spacial score (nSPS) is 18.8. The van der Waals surface area contributed by atoms with E-state index in [1.165, 1.54) is 0 Å². The SMILES string of the molecule is COc1cc2nc([C@]3(C)CCCN3c3ccc[c]c3-n3nccn3)[nH]c2cc1OC. The second kappa shape index (κ2) is 7.05. The number of benzene rings is 2. The molecule has 2 aromatic heterocycles. The lowest BCUT2D eigenvalue weighted by Crippen LogP contribution is -2.40. The topological polar surface area (TPSA) is 81.1 Å². The Balaban J connectivity index is 1.61. The van der Waals surface area contributed by atoms with Gasteiger partial charge in [-0.1, -0.05) is 12.1 Å². The molecule has 0 saturated carbocycles. The van der Waals surface area contributed by atoms with Crippen molar-refractivity contribution in [1.29, 1.82) is 0 Å². The van der Waals surface area contributed by atoms with E-state index < -0.39 is 0 Å². The fourth-order valence-electron chi connectivity index (χ4n) is 4.32. The summed E-state index contributed by atoms with van der Waals surface area (Å²) in [6.45, 7) is 3.13. The van der Waals surface area contributed by atoms with Gasteiger partial charge in [0.2, 0.25) is 0 Å². The lowest BCUT2D eigenvalue weighted by molar-refractivity contribution is 0.356. The third kappa shape index (κ3) is 2.79. The number of imidazole rings is 1. The molecule has 0 amide bonds. The van der Waals surface area contributed by atoms with Crippen LogP contribution < -0.4 is 14.4 Å². The van der Waals surface area contributed by atoms with E-state index in [0.717, 1.165) is 47.6 Å². The van der Waals surface area contributed by atoms with Crippen molar-refractivity contribution in [3.05, 3.63) is 54.6 Å². The van der Waals surface area contributed by atoms with Gasteiger partial charge in [-0.05, 0) is 25.8 Å². The number of aromatic nitrogens is 5. The van der Waals surface area contributed by atoms with E-state index >= 15 is 0 Å². The maximum absolute atomic E-state index is 5.45. The monoisotopic (exact) mass is 403 g/mol. The van der Waals surface area contributed by atoms with Crippen LogP contribution >= 0.6 is 0 Å². The molecule has 1 aliphatic heterocycles. The van der Waals surface area contributed by atoms with E-state index in [1.54, 1.807) is 31.4 Å². The summed E-state index contributed by atoms with van der Waals surface area (Å²) in [5.74, 6) is 2.26. The highest BCUT2D eigenvalue weighted by molar-refractivity contribution is 5.80. The minimum absolute atomic E-state index is 0.309. The van der Waals surface area contributed by atoms with Crippen LogP contribution in [0.1, 0.15) is 25.6 Å². The summed E-state index contributed by atoms with van der Waals surface area (Å²) in [5.41, 5.74) is 3.32. The van der Waals surface area contributed by atoms with Crippen molar-refractivity contribution < 1.29 is 9.47 Å². The number of methoxy groups -OCH3 is 2. The number of H-pyrrole nitrogens is 1. The van der Waals surface area contributed by atoms with E-state index in [4.69, 9.17) is 14.5 Å². The number of para-hydroxylation sites is 1. The fraction of sp³-hybridized carbons (Fsp3) is 0.318. The molecule has 1 radical (unpaired) electrons. The smallest absolute Gasteiger partial charge is 0.163 e. The Morgan fingerprint density at radius 1 is 1.13 bits per heavy atom. The van der Waals surface area contributed by atoms with Gasteiger partial charge in [-0.3, -0.25) is 0 Å². The van der Waals surface area contributed by atoms with Crippen molar-refractivity contribution in [1.82, 2.24) is 25.0 Å². The molecule has 1 saturated heterocycles. The molecule has 0 bridgehead atoms. The highest BCUT2D eigenvalue weighted by Crippen LogP contribution is 2.43. The zero-order valence-electron chi connectivity index (χ0n) is 17.2.